The Morgan fingerprint density at radius 1 is 1.60 bits per heavy atom. The molecule has 3 N–H and O–H groups in total. The molecule has 10 heavy (non-hydrogen) atoms. The first kappa shape index (κ1) is 9.88. The van der Waals surface area contributed by atoms with Gasteiger partial charge in [0.05, 0.1) is 6.61 Å². The van der Waals surface area contributed by atoms with E-state index in [1.807, 2.05) is 7.05 Å². The molecule has 0 radical (unpaired) electrons. The van der Waals surface area contributed by atoms with Crippen LogP contribution in [0.2, 0.25) is 0 Å². The lowest BCUT2D eigenvalue weighted by atomic mass is 10.0. The van der Waals surface area contributed by atoms with Crippen LogP contribution in [0, 0.1) is 5.92 Å². The van der Waals surface area contributed by atoms with Crippen molar-refractivity contribution < 1.29 is 4.74 Å². The third kappa shape index (κ3) is 3.15. The van der Waals surface area contributed by atoms with E-state index >= 15 is 0 Å². The molecule has 62 valence electrons. The monoisotopic (exact) mass is 146 g/mol. The number of nitrogens with two attached hydrogens (primary N) is 1. The molecule has 0 aromatic heterocycles. The summed E-state index contributed by atoms with van der Waals surface area (Å²) in [5, 5.41) is 3.13. The first-order chi connectivity index (χ1) is 4.76. The van der Waals surface area contributed by atoms with E-state index in [0.29, 0.717) is 18.5 Å². The van der Waals surface area contributed by atoms with Gasteiger partial charge in [-0.3, -0.25) is 0 Å². The number of hydrogen-bond acceptors (Lipinski definition) is 3. The molecular weight excluding hydrogens is 128 g/mol. The van der Waals surface area contributed by atoms with Gasteiger partial charge in [0, 0.05) is 19.7 Å². The second kappa shape index (κ2) is 5.65. The van der Waals surface area contributed by atoms with Gasteiger partial charge in [-0.1, -0.05) is 6.92 Å². The fraction of sp³-hybridized carbons (Fsp3) is 1.00. The van der Waals surface area contributed by atoms with Crippen LogP contribution in [0.5, 0.6) is 0 Å². The zero-order valence-electron chi connectivity index (χ0n) is 7.05. The Hall–Kier alpha value is -0.120. The molecule has 0 heterocycles. The van der Waals surface area contributed by atoms with Gasteiger partial charge >= 0.3 is 0 Å². The van der Waals surface area contributed by atoms with E-state index in [0.717, 1.165) is 6.61 Å². The molecule has 2 unspecified atom stereocenters. The minimum atomic E-state index is 0.375. The summed E-state index contributed by atoms with van der Waals surface area (Å²) in [7, 11) is 3.63. The van der Waals surface area contributed by atoms with Crippen molar-refractivity contribution in [3.8, 4) is 0 Å². The van der Waals surface area contributed by atoms with Crippen molar-refractivity contribution in [2.75, 3.05) is 27.3 Å². The zero-order valence-corrected chi connectivity index (χ0v) is 7.05. The Labute approximate surface area is 62.9 Å². The van der Waals surface area contributed by atoms with E-state index < -0.39 is 0 Å². The first-order valence-electron chi connectivity index (χ1n) is 3.62. The van der Waals surface area contributed by atoms with Crippen LogP contribution in [0.1, 0.15) is 6.92 Å². The summed E-state index contributed by atoms with van der Waals surface area (Å²) in [6.07, 6.45) is 0. The largest absolute Gasteiger partial charge is 0.384 e. The Kier molecular flexibility index (Phi) is 5.58. The van der Waals surface area contributed by atoms with Crippen LogP contribution in [-0.4, -0.2) is 33.4 Å². The lowest BCUT2D eigenvalue weighted by Crippen LogP contribution is -2.40. The van der Waals surface area contributed by atoms with Crippen LogP contribution in [0.3, 0.4) is 0 Å². The van der Waals surface area contributed by atoms with Gasteiger partial charge < -0.3 is 15.8 Å². The predicted molar refractivity (Wildman–Crippen MR) is 42.9 cm³/mol. The summed E-state index contributed by atoms with van der Waals surface area (Å²) in [6.45, 7) is 3.56. The summed E-state index contributed by atoms with van der Waals surface area (Å²) in [6, 6.07) is 0.375. The molecule has 0 aromatic carbocycles. The van der Waals surface area contributed by atoms with Crippen LogP contribution >= 0.6 is 0 Å². The SMILES string of the molecule is CNC(CN)C(C)COC. The summed E-state index contributed by atoms with van der Waals surface area (Å²) in [4.78, 5) is 0. The van der Waals surface area contributed by atoms with Gasteiger partial charge in [0.25, 0.3) is 0 Å². The van der Waals surface area contributed by atoms with Crippen LogP contribution in [0.15, 0.2) is 0 Å². The molecule has 0 amide bonds. The van der Waals surface area contributed by atoms with Gasteiger partial charge in [-0.05, 0) is 13.0 Å². The minimum absolute atomic E-state index is 0.375. The summed E-state index contributed by atoms with van der Waals surface area (Å²) < 4.78 is 4.99. The van der Waals surface area contributed by atoms with E-state index in [1.54, 1.807) is 7.11 Å². The molecule has 0 saturated heterocycles. The molecule has 0 rings (SSSR count). The Balaban J connectivity index is 3.53. The van der Waals surface area contributed by atoms with Gasteiger partial charge in [-0.25, -0.2) is 0 Å². The normalized spacial score (nSPS) is 16.8. The molecule has 3 nitrogen and oxygen atoms in total. The summed E-state index contributed by atoms with van der Waals surface area (Å²) >= 11 is 0. The Morgan fingerprint density at radius 3 is 2.50 bits per heavy atom. The molecule has 0 aliphatic heterocycles. The van der Waals surface area contributed by atoms with Crippen molar-refractivity contribution >= 4 is 0 Å². The highest BCUT2D eigenvalue weighted by Crippen LogP contribution is 2.00. The van der Waals surface area contributed by atoms with Gasteiger partial charge in [0.2, 0.25) is 0 Å². The van der Waals surface area contributed by atoms with Gasteiger partial charge in [-0.15, -0.1) is 0 Å². The van der Waals surface area contributed by atoms with Crippen molar-refractivity contribution in [3.05, 3.63) is 0 Å². The highest BCUT2D eigenvalue weighted by atomic mass is 16.5. The molecule has 2 atom stereocenters. The van der Waals surface area contributed by atoms with Crippen LogP contribution < -0.4 is 11.1 Å². The topological polar surface area (TPSA) is 47.3 Å². The number of likely N-dealkylation sites (N-methyl/N-ethyl adjacent to an activating group) is 1. The predicted octanol–water partition coefficient (Wildman–Crippen LogP) is -0.184. The van der Waals surface area contributed by atoms with E-state index in [4.69, 9.17) is 10.5 Å². The quantitative estimate of drug-likeness (QED) is 0.565. The lowest BCUT2D eigenvalue weighted by Gasteiger charge is -2.20. The average Bonchev–Trinajstić information content (AvgIpc) is 1.91. The third-order valence-corrected chi connectivity index (χ3v) is 1.74. The standard InChI is InChI=1S/C7H18N2O/c1-6(5-10-3)7(4-8)9-2/h6-7,9H,4-5,8H2,1-3H3. The Bertz CT molecular complexity index is 74.0. The third-order valence-electron chi connectivity index (χ3n) is 1.74. The van der Waals surface area contributed by atoms with E-state index in [1.165, 1.54) is 0 Å². The van der Waals surface area contributed by atoms with Crippen molar-refractivity contribution in [1.82, 2.24) is 5.32 Å². The van der Waals surface area contributed by atoms with E-state index in [9.17, 15) is 0 Å². The first-order valence-corrected chi connectivity index (χ1v) is 3.62. The zero-order chi connectivity index (χ0) is 7.98. The number of hydrogen-bond donors (Lipinski definition) is 2. The number of methoxy groups -OCH3 is 1. The summed E-state index contributed by atoms with van der Waals surface area (Å²) in [5.41, 5.74) is 5.50. The molecule has 0 aliphatic rings. The minimum Gasteiger partial charge on any atom is -0.384 e. The number of nitrogens with one attached hydrogen (secondary N) is 1. The molecule has 0 spiro atoms. The molecule has 3 heteroatoms. The smallest absolute Gasteiger partial charge is 0.0503 e. The highest BCUT2D eigenvalue weighted by Gasteiger charge is 2.12. The maximum absolute atomic E-state index is 5.50. The maximum atomic E-state index is 5.50. The van der Waals surface area contributed by atoms with E-state index in [2.05, 4.69) is 12.2 Å². The van der Waals surface area contributed by atoms with Crippen molar-refractivity contribution in [3.63, 3.8) is 0 Å². The lowest BCUT2D eigenvalue weighted by molar-refractivity contribution is 0.142. The maximum Gasteiger partial charge on any atom is 0.0503 e. The van der Waals surface area contributed by atoms with Gasteiger partial charge in [0.1, 0.15) is 0 Å². The fourth-order valence-electron chi connectivity index (χ4n) is 1.01. The second-order valence-corrected chi connectivity index (χ2v) is 2.56. The van der Waals surface area contributed by atoms with Gasteiger partial charge in [0.15, 0.2) is 0 Å². The Morgan fingerprint density at radius 2 is 2.20 bits per heavy atom. The van der Waals surface area contributed by atoms with Gasteiger partial charge in [-0.2, -0.15) is 0 Å². The molecule has 0 saturated carbocycles. The fourth-order valence-corrected chi connectivity index (χ4v) is 1.01. The molecule has 0 bridgehead atoms. The van der Waals surface area contributed by atoms with Crippen LogP contribution in [0.4, 0.5) is 0 Å². The van der Waals surface area contributed by atoms with Crippen molar-refractivity contribution in [2.45, 2.75) is 13.0 Å². The molecule has 0 aliphatic carbocycles. The molecular formula is C7H18N2O. The highest BCUT2D eigenvalue weighted by molar-refractivity contribution is 4.71. The number of ether oxygens (including phenoxy) is 1. The molecule has 0 aromatic rings. The summed E-state index contributed by atoms with van der Waals surface area (Å²) in [5.74, 6) is 0.486. The van der Waals surface area contributed by atoms with Crippen molar-refractivity contribution in [1.29, 1.82) is 0 Å². The van der Waals surface area contributed by atoms with Crippen LogP contribution in [0.25, 0.3) is 0 Å². The van der Waals surface area contributed by atoms with Crippen LogP contribution in [-0.2, 0) is 4.74 Å². The van der Waals surface area contributed by atoms with E-state index in [-0.39, 0.29) is 0 Å². The number of rotatable bonds is 5. The van der Waals surface area contributed by atoms with Crippen molar-refractivity contribution in [2.24, 2.45) is 11.7 Å². The molecule has 0 fully saturated rings. The second-order valence-electron chi connectivity index (χ2n) is 2.56. The average molecular weight is 146 g/mol.